The number of rotatable bonds is 9. The number of fused-ring (bicyclic) bond motifs is 1. The lowest BCUT2D eigenvalue weighted by Crippen LogP contribution is -2.38. The lowest BCUT2D eigenvalue weighted by molar-refractivity contribution is -0.0687. The number of Topliss-reactive ketones (excluding diaryl/α,β-unsaturated/α-hetero) is 1. The van der Waals surface area contributed by atoms with Gasteiger partial charge in [0.1, 0.15) is 11.6 Å². The Hall–Kier alpha value is -2.94. The molecule has 206 valence electrons. The van der Waals surface area contributed by atoms with Crippen molar-refractivity contribution in [1.29, 1.82) is 0 Å². The minimum atomic E-state index is -4.47. The first-order chi connectivity index (χ1) is 18.0. The molecule has 1 aliphatic carbocycles. The van der Waals surface area contributed by atoms with Crippen LogP contribution in [0.2, 0.25) is 0 Å². The number of carbonyl (C=O) groups is 1. The van der Waals surface area contributed by atoms with Crippen molar-refractivity contribution in [3.8, 4) is 5.75 Å². The highest BCUT2D eigenvalue weighted by Gasteiger charge is 2.40. The number of allylic oxidation sites excluding steroid dienone is 2. The minimum absolute atomic E-state index is 0.00570. The van der Waals surface area contributed by atoms with Crippen LogP contribution in [0.15, 0.2) is 24.3 Å². The average Bonchev–Trinajstić information content (AvgIpc) is 3.30. The molecule has 0 spiro atoms. The SMILES string of the molecule is CCNc1cc(Cc2cc(F)c(C(=O)CC3CCN(C(C)C)CC3)cc2OC)nc2c1C(C(F)(F)F)=CC2. The molecule has 4 rings (SSSR count). The summed E-state index contributed by atoms with van der Waals surface area (Å²) in [4.78, 5) is 19.9. The Morgan fingerprint density at radius 3 is 2.53 bits per heavy atom. The fourth-order valence-electron chi connectivity index (χ4n) is 5.46. The Morgan fingerprint density at radius 2 is 1.92 bits per heavy atom. The van der Waals surface area contributed by atoms with Gasteiger partial charge in [0.05, 0.1) is 23.9 Å². The number of alkyl halides is 3. The summed E-state index contributed by atoms with van der Waals surface area (Å²) in [5.41, 5.74) is 1.04. The van der Waals surface area contributed by atoms with Gasteiger partial charge in [0.2, 0.25) is 0 Å². The fourth-order valence-corrected chi connectivity index (χ4v) is 5.46. The maximum Gasteiger partial charge on any atom is 0.416 e. The third kappa shape index (κ3) is 6.03. The van der Waals surface area contributed by atoms with Gasteiger partial charge in [-0.05, 0) is 70.8 Å². The van der Waals surface area contributed by atoms with Crippen molar-refractivity contribution in [3.05, 3.63) is 58.2 Å². The largest absolute Gasteiger partial charge is 0.496 e. The molecule has 5 nitrogen and oxygen atoms in total. The number of ketones is 1. The van der Waals surface area contributed by atoms with E-state index in [4.69, 9.17) is 4.74 Å². The number of anilines is 1. The first-order valence-corrected chi connectivity index (χ1v) is 13.2. The van der Waals surface area contributed by atoms with E-state index < -0.39 is 17.6 Å². The van der Waals surface area contributed by atoms with Gasteiger partial charge in [0.15, 0.2) is 5.78 Å². The molecule has 0 saturated carbocycles. The molecule has 1 aromatic carbocycles. The number of nitrogens with one attached hydrogen (secondary N) is 1. The lowest BCUT2D eigenvalue weighted by atomic mass is 9.89. The van der Waals surface area contributed by atoms with Crippen LogP contribution in [-0.4, -0.2) is 54.6 Å². The molecule has 0 atom stereocenters. The second-order valence-electron chi connectivity index (χ2n) is 10.4. The number of methoxy groups -OCH3 is 1. The number of benzene rings is 1. The number of ether oxygens (including phenoxy) is 1. The average molecular weight is 534 g/mol. The molecule has 1 N–H and O–H groups in total. The molecule has 9 heteroatoms. The Kier molecular flexibility index (Phi) is 8.45. The van der Waals surface area contributed by atoms with E-state index >= 15 is 4.39 Å². The van der Waals surface area contributed by atoms with Gasteiger partial charge in [0.25, 0.3) is 0 Å². The highest BCUT2D eigenvalue weighted by molar-refractivity contribution is 5.97. The van der Waals surface area contributed by atoms with E-state index in [1.165, 1.54) is 19.2 Å². The first-order valence-electron chi connectivity index (χ1n) is 13.2. The van der Waals surface area contributed by atoms with Gasteiger partial charge >= 0.3 is 6.18 Å². The van der Waals surface area contributed by atoms with Crippen LogP contribution in [0.25, 0.3) is 5.57 Å². The van der Waals surface area contributed by atoms with Crippen molar-refractivity contribution >= 4 is 17.0 Å². The summed E-state index contributed by atoms with van der Waals surface area (Å²) in [5, 5.41) is 3.01. The van der Waals surface area contributed by atoms with E-state index in [-0.39, 0.29) is 42.1 Å². The van der Waals surface area contributed by atoms with E-state index in [0.29, 0.717) is 41.0 Å². The number of nitrogens with zero attached hydrogens (tertiary/aromatic N) is 2. The third-order valence-electron chi connectivity index (χ3n) is 7.48. The van der Waals surface area contributed by atoms with E-state index in [0.717, 1.165) is 32.0 Å². The predicted octanol–water partition coefficient (Wildman–Crippen LogP) is 6.45. The summed E-state index contributed by atoms with van der Waals surface area (Å²) in [6.45, 7) is 8.42. The van der Waals surface area contributed by atoms with E-state index in [1.807, 2.05) is 0 Å². The zero-order valence-electron chi connectivity index (χ0n) is 22.3. The molecule has 2 aliphatic rings. The number of hydrogen-bond acceptors (Lipinski definition) is 5. The molecule has 1 aliphatic heterocycles. The molecule has 1 aromatic heterocycles. The Labute approximate surface area is 221 Å². The van der Waals surface area contributed by atoms with E-state index in [2.05, 4.69) is 29.0 Å². The van der Waals surface area contributed by atoms with Gasteiger partial charge in [-0.2, -0.15) is 13.2 Å². The molecule has 2 heterocycles. The van der Waals surface area contributed by atoms with Crippen LogP contribution in [-0.2, 0) is 12.8 Å². The molecule has 2 aromatic rings. The summed E-state index contributed by atoms with van der Waals surface area (Å²) in [6, 6.07) is 4.78. The van der Waals surface area contributed by atoms with Crippen molar-refractivity contribution in [2.24, 2.45) is 5.92 Å². The highest BCUT2D eigenvalue weighted by atomic mass is 19.4. The van der Waals surface area contributed by atoms with Gasteiger partial charge in [-0.3, -0.25) is 9.78 Å². The van der Waals surface area contributed by atoms with Crippen LogP contribution in [0.4, 0.5) is 23.2 Å². The van der Waals surface area contributed by atoms with Crippen LogP contribution >= 0.6 is 0 Å². The maximum atomic E-state index is 15.2. The van der Waals surface area contributed by atoms with Crippen LogP contribution in [0.5, 0.6) is 5.75 Å². The molecule has 0 unspecified atom stereocenters. The van der Waals surface area contributed by atoms with Crippen molar-refractivity contribution in [2.45, 2.75) is 65.1 Å². The maximum absolute atomic E-state index is 15.2. The van der Waals surface area contributed by atoms with Gasteiger partial charge in [-0.15, -0.1) is 0 Å². The predicted molar refractivity (Wildman–Crippen MR) is 140 cm³/mol. The minimum Gasteiger partial charge on any atom is -0.496 e. The van der Waals surface area contributed by atoms with Crippen LogP contribution in [0.3, 0.4) is 0 Å². The molecule has 0 amide bonds. The van der Waals surface area contributed by atoms with Crippen LogP contribution < -0.4 is 10.1 Å². The Bertz CT molecular complexity index is 1220. The number of aromatic nitrogens is 1. The van der Waals surface area contributed by atoms with Crippen molar-refractivity contribution in [3.63, 3.8) is 0 Å². The number of carbonyl (C=O) groups excluding carboxylic acids is 1. The third-order valence-corrected chi connectivity index (χ3v) is 7.48. The standard InChI is InChI=1S/C29H35F4N3O2/c1-5-34-25-15-20(35-24-7-6-22(28(24)25)29(31,32)33)13-19-14-23(30)21(16-27(19)38-4)26(37)12-18-8-10-36(11-9-18)17(2)3/h6,14-18H,5,7-13H2,1-4H3,(H,34,35). The van der Waals surface area contributed by atoms with Gasteiger partial charge in [0, 0.05) is 54.4 Å². The normalized spacial score (nSPS) is 16.5. The number of pyridine rings is 1. The van der Waals surface area contributed by atoms with Crippen molar-refractivity contribution in [1.82, 2.24) is 9.88 Å². The molecule has 0 bridgehead atoms. The molecule has 0 radical (unpaired) electrons. The molecular formula is C29H35F4N3O2. The van der Waals surface area contributed by atoms with E-state index in [9.17, 15) is 18.0 Å². The zero-order valence-corrected chi connectivity index (χ0v) is 22.3. The van der Waals surface area contributed by atoms with Gasteiger partial charge < -0.3 is 15.0 Å². The molecular weight excluding hydrogens is 498 g/mol. The van der Waals surface area contributed by atoms with E-state index in [1.54, 1.807) is 13.0 Å². The van der Waals surface area contributed by atoms with Crippen LogP contribution in [0, 0.1) is 11.7 Å². The van der Waals surface area contributed by atoms with Crippen LogP contribution in [0.1, 0.15) is 72.9 Å². The molecule has 38 heavy (non-hydrogen) atoms. The van der Waals surface area contributed by atoms with Gasteiger partial charge in [-0.1, -0.05) is 6.08 Å². The van der Waals surface area contributed by atoms with Crippen molar-refractivity contribution in [2.75, 3.05) is 32.1 Å². The second kappa shape index (κ2) is 11.4. The number of hydrogen-bond donors (Lipinski definition) is 1. The quantitative estimate of drug-likeness (QED) is 0.297. The second-order valence-corrected chi connectivity index (χ2v) is 10.4. The number of likely N-dealkylation sites (tertiary alicyclic amines) is 1. The Morgan fingerprint density at radius 1 is 1.21 bits per heavy atom. The highest BCUT2D eigenvalue weighted by Crippen LogP contribution is 2.43. The topological polar surface area (TPSA) is 54.5 Å². The molecule has 1 fully saturated rings. The lowest BCUT2D eigenvalue weighted by Gasteiger charge is -2.34. The molecule has 1 saturated heterocycles. The number of piperidine rings is 1. The summed E-state index contributed by atoms with van der Waals surface area (Å²) in [7, 11) is 1.45. The zero-order chi connectivity index (χ0) is 27.6. The summed E-state index contributed by atoms with van der Waals surface area (Å²) < 4.78 is 61.3. The fraction of sp³-hybridized carbons (Fsp3) is 0.517. The summed E-state index contributed by atoms with van der Waals surface area (Å²) in [5.74, 6) is -0.297. The monoisotopic (exact) mass is 533 g/mol. The first kappa shape index (κ1) is 28.1. The smallest absolute Gasteiger partial charge is 0.416 e. The van der Waals surface area contributed by atoms with Gasteiger partial charge in [-0.25, -0.2) is 4.39 Å². The summed E-state index contributed by atoms with van der Waals surface area (Å²) >= 11 is 0. The Balaban J connectivity index is 1.55. The van der Waals surface area contributed by atoms with Crippen molar-refractivity contribution < 1.29 is 27.1 Å². The number of halogens is 4. The summed E-state index contributed by atoms with van der Waals surface area (Å²) in [6.07, 6.45) is -0.999.